The molecule has 0 fully saturated rings. The minimum absolute atomic E-state index is 0.0257. The molecule has 1 amide bonds. The highest BCUT2D eigenvalue weighted by molar-refractivity contribution is 5.95. The second-order valence-corrected chi connectivity index (χ2v) is 6.89. The van der Waals surface area contributed by atoms with E-state index in [0.29, 0.717) is 47.4 Å². The van der Waals surface area contributed by atoms with Gasteiger partial charge in [0.25, 0.3) is 11.7 Å². The summed E-state index contributed by atoms with van der Waals surface area (Å²) in [5.74, 6) is 0.674. The first-order valence-electron chi connectivity index (χ1n) is 9.48. The van der Waals surface area contributed by atoms with Crippen molar-refractivity contribution in [3.8, 4) is 11.5 Å². The van der Waals surface area contributed by atoms with Crippen molar-refractivity contribution in [2.75, 3.05) is 18.5 Å². The van der Waals surface area contributed by atoms with Crippen LogP contribution < -0.4 is 14.8 Å². The average molecular weight is 411 g/mol. The van der Waals surface area contributed by atoms with Gasteiger partial charge in [0.05, 0.1) is 6.42 Å². The maximum absolute atomic E-state index is 12.4. The number of benzene rings is 1. The zero-order valence-corrected chi connectivity index (χ0v) is 16.8. The third-order valence-corrected chi connectivity index (χ3v) is 4.80. The smallest absolute Gasteiger partial charge is 0.311 e. The summed E-state index contributed by atoms with van der Waals surface area (Å²) < 4.78 is 17.9. The molecular formula is C20H21N5O5. The zero-order chi connectivity index (χ0) is 21.3. The lowest BCUT2D eigenvalue weighted by Gasteiger charge is -2.19. The van der Waals surface area contributed by atoms with E-state index >= 15 is 0 Å². The fourth-order valence-electron chi connectivity index (χ4n) is 3.21. The topological polar surface area (TPSA) is 117 Å². The molecule has 1 atom stereocenters. The van der Waals surface area contributed by atoms with Gasteiger partial charge in [-0.15, -0.1) is 0 Å². The van der Waals surface area contributed by atoms with Crippen LogP contribution in [0.25, 0.3) is 5.78 Å². The third kappa shape index (κ3) is 3.88. The van der Waals surface area contributed by atoms with Gasteiger partial charge in [-0.2, -0.15) is 10.1 Å². The van der Waals surface area contributed by atoms with E-state index < -0.39 is 18.0 Å². The van der Waals surface area contributed by atoms with Crippen molar-refractivity contribution < 1.29 is 23.8 Å². The Balaban J connectivity index is 1.39. The van der Waals surface area contributed by atoms with Crippen LogP contribution in [0.1, 0.15) is 23.9 Å². The summed E-state index contributed by atoms with van der Waals surface area (Å²) in [5.41, 5.74) is 2.63. The number of anilines is 1. The summed E-state index contributed by atoms with van der Waals surface area (Å²) in [6.45, 7) is 6.08. The van der Waals surface area contributed by atoms with Crippen molar-refractivity contribution in [2.45, 2.75) is 33.3 Å². The van der Waals surface area contributed by atoms with Crippen molar-refractivity contribution in [3.63, 3.8) is 0 Å². The third-order valence-electron chi connectivity index (χ3n) is 4.80. The first-order valence-corrected chi connectivity index (χ1v) is 9.48. The lowest BCUT2D eigenvalue weighted by Crippen LogP contribution is -2.30. The summed E-state index contributed by atoms with van der Waals surface area (Å²) in [6, 6.07) is 5.10. The molecule has 0 aliphatic carbocycles. The summed E-state index contributed by atoms with van der Waals surface area (Å²) in [4.78, 5) is 33.3. The number of carbonyl (C=O) groups is 2. The van der Waals surface area contributed by atoms with Gasteiger partial charge in [-0.05, 0) is 32.9 Å². The molecule has 0 unspecified atom stereocenters. The second kappa shape index (κ2) is 7.97. The van der Waals surface area contributed by atoms with Gasteiger partial charge in [0.1, 0.15) is 19.5 Å². The highest BCUT2D eigenvalue weighted by Gasteiger charge is 2.21. The van der Waals surface area contributed by atoms with E-state index in [1.165, 1.54) is 13.3 Å². The molecule has 10 heteroatoms. The van der Waals surface area contributed by atoms with Crippen LogP contribution >= 0.6 is 0 Å². The Morgan fingerprint density at radius 2 is 2.00 bits per heavy atom. The van der Waals surface area contributed by atoms with E-state index in [2.05, 4.69) is 20.4 Å². The fraction of sp³-hybridized carbons (Fsp3) is 0.350. The first kappa shape index (κ1) is 19.6. The van der Waals surface area contributed by atoms with E-state index in [9.17, 15) is 9.59 Å². The lowest BCUT2D eigenvalue weighted by atomic mass is 10.1. The van der Waals surface area contributed by atoms with Gasteiger partial charge in [0.2, 0.25) is 0 Å². The highest BCUT2D eigenvalue weighted by Crippen LogP contribution is 2.32. The Bertz CT molecular complexity index is 1130. The predicted octanol–water partition coefficient (Wildman–Crippen LogP) is 1.63. The van der Waals surface area contributed by atoms with Gasteiger partial charge >= 0.3 is 5.97 Å². The molecule has 0 bridgehead atoms. The number of nitrogens with zero attached hydrogens (tertiary/aromatic N) is 4. The normalized spacial score (nSPS) is 13.7. The Morgan fingerprint density at radius 1 is 1.23 bits per heavy atom. The summed E-state index contributed by atoms with van der Waals surface area (Å²) in [5, 5.41) is 6.82. The molecule has 156 valence electrons. The van der Waals surface area contributed by atoms with Crippen LogP contribution in [-0.2, 0) is 20.7 Å². The minimum atomic E-state index is -0.977. The molecular weight excluding hydrogens is 390 g/mol. The molecule has 3 aromatic rings. The number of aryl methyl sites for hydroxylation is 2. The van der Waals surface area contributed by atoms with Gasteiger partial charge in [0.15, 0.2) is 17.6 Å². The number of carbonyl (C=O) groups excluding carboxylic acids is 2. The molecule has 0 radical (unpaired) electrons. The molecule has 10 nitrogen and oxygen atoms in total. The van der Waals surface area contributed by atoms with Crippen molar-refractivity contribution in [2.24, 2.45) is 0 Å². The second-order valence-electron chi connectivity index (χ2n) is 6.89. The first-order chi connectivity index (χ1) is 14.4. The van der Waals surface area contributed by atoms with Crippen molar-refractivity contribution in [3.05, 3.63) is 41.5 Å². The quantitative estimate of drug-likeness (QED) is 0.630. The summed E-state index contributed by atoms with van der Waals surface area (Å²) in [7, 11) is 0. The van der Waals surface area contributed by atoms with Crippen molar-refractivity contribution in [1.82, 2.24) is 19.6 Å². The molecule has 4 rings (SSSR count). The van der Waals surface area contributed by atoms with E-state index in [4.69, 9.17) is 14.2 Å². The summed E-state index contributed by atoms with van der Waals surface area (Å²) >= 11 is 0. The van der Waals surface area contributed by atoms with Crippen LogP contribution in [0.5, 0.6) is 11.5 Å². The van der Waals surface area contributed by atoms with Crippen LogP contribution in [-0.4, -0.2) is 50.8 Å². The van der Waals surface area contributed by atoms with Gasteiger partial charge in [0, 0.05) is 28.7 Å². The van der Waals surface area contributed by atoms with Gasteiger partial charge < -0.3 is 19.5 Å². The predicted molar refractivity (Wildman–Crippen MR) is 106 cm³/mol. The number of nitrogens with one attached hydrogen (secondary N) is 1. The monoisotopic (exact) mass is 411 g/mol. The number of ether oxygens (including phenoxy) is 3. The molecule has 3 heterocycles. The maximum atomic E-state index is 12.4. The van der Waals surface area contributed by atoms with Crippen LogP contribution in [0.15, 0.2) is 24.5 Å². The van der Waals surface area contributed by atoms with E-state index in [0.717, 1.165) is 5.69 Å². The Kier molecular flexibility index (Phi) is 5.21. The molecule has 1 aliphatic rings. The SMILES string of the molecule is Cc1nc2ncnn2c(C)c1CC(=O)O[C@H](C)C(=O)Nc1ccc2c(c1)OCCO2. The van der Waals surface area contributed by atoms with E-state index in [1.54, 1.807) is 29.6 Å². The lowest BCUT2D eigenvalue weighted by molar-refractivity contribution is -0.152. The molecule has 1 aromatic carbocycles. The number of aromatic nitrogens is 4. The fourth-order valence-corrected chi connectivity index (χ4v) is 3.21. The largest absolute Gasteiger partial charge is 0.486 e. The molecule has 1 aliphatic heterocycles. The van der Waals surface area contributed by atoms with Gasteiger partial charge in [-0.1, -0.05) is 0 Å². The molecule has 1 N–H and O–H groups in total. The van der Waals surface area contributed by atoms with Gasteiger partial charge in [-0.25, -0.2) is 9.50 Å². The van der Waals surface area contributed by atoms with Crippen LogP contribution in [0, 0.1) is 13.8 Å². The molecule has 2 aromatic heterocycles. The van der Waals surface area contributed by atoms with E-state index in [1.807, 2.05) is 6.92 Å². The maximum Gasteiger partial charge on any atom is 0.311 e. The number of esters is 1. The van der Waals surface area contributed by atoms with Crippen molar-refractivity contribution >= 4 is 23.3 Å². The average Bonchev–Trinajstić information content (AvgIpc) is 3.19. The minimum Gasteiger partial charge on any atom is -0.486 e. The number of amides is 1. The standard InChI is InChI=1S/C20H21N5O5/c1-11-15(12(2)25-20(23-11)21-10-22-25)9-18(26)30-13(3)19(27)24-14-4-5-16-17(8-14)29-7-6-28-16/h4-5,8,10,13H,6-7,9H2,1-3H3,(H,24,27)/t13-/m1/s1. The van der Waals surface area contributed by atoms with Crippen LogP contribution in [0.4, 0.5) is 5.69 Å². The van der Waals surface area contributed by atoms with Crippen LogP contribution in [0.2, 0.25) is 0 Å². The number of hydrogen-bond acceptors (Lipinski definition) is 8. The molecule has 0 saturated heterocycles. The highest BCUT2D eigenvalue weighted by atomic mass is 16.6. The van der Waals surface area contributed by atoms with E-state index in [-0.39, 0.29) is 6.42 Å². The number of fused-ring (bicyclic) bond motifs is 2. The Labute approximate surface area is 172 Å². The van der Waals surface area contributed by atoms with Crippen LogP contribution in [0.3, 0.4) is 0 Å². The Morgan fingerprint density at radius 3 is 2.80 bits per heavy atom. The van der Waals surface area contributed by atoms with Crippen molar-refractivity contribution in [1.29, 1.82) is 0 Å². The zero-order valence-electron chi connectivity index (χ0n) is 16.8. The summed E-state index contributed by atoms with van der Waals surface area (Å²) in [6.07, 6.45) is 0.401. The number of rotatable bonds is 5. The molecule has 0 spiro atoms. The Hall–Kier alpha value is -3.69. The van der Waals surface area contributed by atoms with Gasteiger partial charge in [-0.3, -0.25) is 9.59 Å². The number of hydrogen-bond donors (Lipinski definition) is 1. The molecule has 30 heavy (non-hydrogen) atoms. The molecule has 0 saturated carbocycles.